The molecule has 0 bridgehead atoms. The second-order valence-electron chi connectivity index (χ2n) is 8.16. The third kappa shape index (κ3) is 3.92. The molecule has 30 heavy (non-hydrogen) atoms. The fourth-order valence-corrected chi connectivity index (χ4v) is 5.36. The second-order valence-corrected chi connectivity index (χ2v) is 10.4. The molecular formula is C23H22ClFNO3P. The summed E-state index contributed by atoms with van der Waals surface area (Å²) >= 11 is 6.00. The summed E-state index contributed by atoms with van der Waals surface area (Å²) in [6.07, 6.45) is 0. The first kappa shape index (κ1) is 20.8. The molecule has 1 unspecified atom stereocenters. The SMILES string of the molecule is CC(C)(C)c1ccccc1OP1(=O)Oc2ccccc2CN1c1ccc(F)c(Cl)c1. The smallest absolute Gasteiger partial charge is 0.400 e. The lowest BCUT2D eigenvalue weighted by molar-refractivity contribution is 0.365. The molecule has 1 atom stereocenters. The highest BCUT2D eigenvalue weighted by Crippen LogP contribution is 2.59. The van der Waals surface area contributed by atoms with E-state index in [2.05, 4.69) is 20.8 Å². The molecule has 1 heterocycles. The van der Waals surface area contributed by atoms with Crippen LogP contribution in [0.15, 0.2) is 66.7 Å². The van der Waals surface area contributed by atoms with E-state index in [0.29, 0.717) is 17.2 Å². The first-order chi connectivity index (χ1) is 14.2. The van der Waals surface area contributed by atoms with E-state index < -0.39 is 13.6 Å². The fraction of sp³-hybridized carbons (Fsp3) is 0.217. The molecule has 1 aliphatic rings. The molecule has 7 heteroatoms. The van der Waals surface area contributed by atoms with Gasteiger partial charge in [0.05, 0.1) is 17.3 Å². The minimum atomic E-state index is -3.88. The van der Waals surface area contributed by atoms with Crippen LogP contribution in [0.1, 0.15) is 31.9 Å². The van der Waals surface area contributed by atoms with Crippen molar-refractivity contribution in [1.29, 1.82) is 0 Å². The normalized spacial score (nSPS) is 18.5. The van der Waals surface area contributed by atoms with Gasteiger partial charge in [0.2, 0.25) is 0 Å². The fourth-order valence-electron chi connectivity index (χ4n) is 3.38. The first-order valence-corrected chi connectivity index (χ1v) is 11.4. The molecule has 4 nitrogen and oxygen atoms in total. The highest BCUT2D eigenvalue weighted by atomic mass is 35.5. The van der Waals surface area contributed by atoms with Gasteiger partial charge < -0.3 is 9.05 Å². The Morgan fingerprint density at radius 2 is 1.77 bits per heavy atom. The Labute approximate surface area is 180 Å². The Bertz CT molecular complexity index is 1150. The maximum absolute atomic E-state index is 14.1. The van der Waals surface area contributed by atoms with Crippen molar-refractivity contribution in [2.75, 3.05) is 4.67 Å². The monoisotopic (exact) mass is 445 g/mol. The van der Waals surface area contributed by atoms with Crippen molar-refractivity contribution in [2.24, 2.45) is 0 Å². The van der Waals surface area contributed by atoms with Crippen LogP contribution in [0.5, 0.6) is 11.5 Å². The molecule has 0 spiro atoms. The summed E-state index contributed by atoms with van der Waals surface area (Å²) in [5.74, 6) is 0.428. The lowest BCUT2D eigenvalue weighted by atomic mass is 9.86. The van der Waals surface area contributed by atoms with Crippen LogP contribution in [0.2, 0.25) is 5.02 Å². The van der Waals surface area contributed by atoms with Gasteiger partial charge in [0.15, 0.2) is 0 Å². The van der Waals surface area contributed by atoms with Crippen LogP contribution >= 0.6 is 19.3 Å². The summed E-state index contributed by atoms with van der Waals surface area (Å²) < 4.78 is 41.4. The molecule has 0 saturated heterocycles. The summed E-state index contributed by atoms with van der Waals surface area (Å²) in [7, 11) is -3.88. The summed E-state index contributed by atoms with van der Waals surface area (Å²) in [6, 6.07) is 19.0. The number of anilines is 1. The first-order valence-electron chi connectivity index (χ1n) is 9.57. The van der Waals surface area contributed by atoms with Crippen molar-refractivity contribution in [1.82, 2.24) is 0 Å². The average Bonchev–Trinajstić information content (AvgIpc) is 2.69. The average molecular weight is 446 g/mol. The summed E-state index contributed by atoms with van der Waals surface area (Å²) in [4.78, 5) is 0. The van der Waals surface area contributed by atoms with Gasteiger partial charge in [-0.05, 0) is 35.7 Å². The second kappa shape index (κ2) is 7.64. The molecule has 4 rings (SSSR count). The molecule has 156 valence electrons. The van der Waals surface area contributed by atoms with Crippen molar-refractivity contribution in [2.45, 2.75) is 32.7 Å². The van der Waals surface area contributed by atoms with Crippen LogP contribution in [0.4, 0.5) is 10.1 Å². The predicted molar refractivity (Wildman–Crippen MR) is 118 cm³/mol. The molecule has 0 saturated carbocycles. The van der Waals surface area contributed by atoms with Crippen molar-refractivity contribution in [3.63, 3.8) is 0 Å². The van der Waals surface area contributed by atoms with Crippen LogP contribution in [0.3, 0.4) is 0 Å². The largest absolute Gasteiger partial charge is 0.544 e. The number of hydrogen-bond donors (Lipinski definition) is 0. The van der Waals surface area contributed by atoms with E-state index in [1.165, 1.54) is 22.9 Å². The topological polar surface area (TPSA) is 38.8 Å². The van der Waals surface area contributed by atoms with Crippen LogP contribution in [0, 0.1) is 5.82 Å². The van der Waals surface area contributed by atoms with E-state index in [1.807, 2.05) is 36.4 Å². The van der Waals surface area contributed by atoms with Crippen LogP contribution < -0.4 is 13.7 Å². The summed E-state index contributed by atoms with van der Waals surface area (Å²) in [5.41, 5.74) is 1.97. The molecule has 0 aromatic heterocycles. The standard InChI is InChI=1S/C23H22ClFNO3P/c1-23(2,3)18-9-5-7-11-22(18)29-30(27)26(17-12-13-20(25)19(24)14-17)15-16-8-4-6-10-21(16)28-30/h4-14H,15H2,1-3H3. The molecule has 1 aliphatic heterocycles. The number of para-hydroxylation sites is 2. The lowest BCUT2D eigenvalue weighted by Gasteiger charge is -2.37. The predicted octanol–water partition coefficient (Wildman–Crippen LogP) is 7.36. The number of halogens is 2. The van der Waals surface area contributed by atoms with E-state index in [0.717, 1.165) is 11.1 Å². The Balaban J connectivity index is 1.82. The van der Waals surface area contributed by atoms with Gasteiger partial charge in [0.25, 0.3) is 0 Å². The molecular weight excluding hydrogens is 424 g/mol. The van der Waals surface area contributed by atoms with Crippen LogP contribution in [-0.2, 0) is 16.5 Å². The van der Waals surface area contributed by atoms with E-state index in [4.69, 9.17) is 20.6 Å². The minimum Gasteiger partial charge on any atom is -0.400 e. The molecule has 0 fully saturated rings. The Kier molecular flexibility index (Phi) is 5.29. The van der Waals surface area contributed by atoms with Gasteiger partial charge in [-0.3, -0.25) is 4.67 Å². The molecule has 3 aromatic rings. The van der Waals surface area contributed by atoms with Gasteiger partial charge in [-0.25, -0.2) is 8.96 Å². The Morgan fingerprint density at radius 3 is 2.50 bits per heavy atom. The molecule has 3 aromatic carbocycles. The number of nitrogens with zero attached hydrogens (tertiary/aromatic N) is 1. The number of fused-ring (bicyclic) bond motifs is 1. The van der Waals surface area contributed by atoms with Crippen LogP contribution in [-0.4, -0.2) is 0 Å². The molecule has 0 radical (unpaired) electrons. The number of rotatable bonds is 3. The zero-order valence-electron chi connectivity index (χ0n) is 16.9. The van der Waals surface area contributed by atoms with Crippen molar-refractivity contribution in [3.05, 3.63) is 88.7 Å². The van der Waals surface area contributed by atoms with Gasteiger partial charge in [-0.15, -0.1) is 0 Å². The van der Waals surface area contributed by atoms with Gasteiger partial charge in [0.1, 0.15) is 17.3 Å². The van der Waals surface area contributed by atoms with Gasteiger partial charge in [-0.2, -0.15) is 0 Å². The quantitative estimate of drug-likeness (QED) is 0.395. The summed E-state index contributed by atoms with van der Waals surface area (Å²) in [6.45, 7) is 6.44. The van der Waals surface area contributed by atoms with Gasteiger partial charge in [-0.1, -0.05) is 68.8 Å². The zero-order valence-corrected chi connectivity index (χ0v) is 18.6. The highest BCUT2D eigenvalue weighted by molar-refractivity contribution is 7.56. The highest BCUT2D eigenvalue weighted by Gasteiger charge is 2.43. The van der Waals surface area contributed by atoms with E-state index in [-0.39, 0.29) is 17.0 Å². The molecule has 0 aliphatic carbocycles. The van der Waals surface area contributed by atoms with E-state index >= 15 is 0 Å². The Hall–Kier alpha value is -2.49. The maximum atomic E-state index is 14.1. The molecule has 0 N–H and O–H groups in total. The number of benzene rings is 3. The lowest BCUT2D eigenvalue weighted by Crippen LogP contribution is -2.30. The van der Waals surface area contributed by atoms with E-state index in [9.17, 15) is 8.96 Å². The zero-order chi connectivity index (χ0) is 21.5. The third-order valence-corrected chi connectivity index (χ3v) is 7.02. The minimum absolute atomic E-state index is 0.0620. The van der Waals surface area contributed by atoms with Crippen LogP contribution in [0.25, 0.3) is 0 Å². The third-order valence-electron chi connectivity index (χ3n) is 4.91. The van der Waals surface area contributed by atoms with Gasteiger partial charge >= 0.3 is 7.75 Å². The molecule has 0 amide bonds. The van der Waals surface area contributed by atoms with E-state index in [1.54, 1.807) is 12.1 Å². The van der Waals surface area contributed by atoms with Gasteiger partial charge in [0, 0.05) is 11.1 Å². The number of hydrogen-bond acceptors (Lipinski definition) is 3. The van der Waals surface area contributed by atoms with Crippen molar-refractivity contribution in [3.8, 4) is 11.5 Å². The van der Waals surface area contributed by atoms with Crippen molar-refractivity contribution >= 4 is 25.0 Å². The summed E-state index contributed by atoms with van der Waals surface area (Å²) in [5, 5.41) is -0.0620. The Morgan fingerprint density at radius 1 is 1.07 bits per heavy atom. The maximum Gasteiger partial charge on any atom is 0.544 e. The van der Waals surface area contributed by atoms with Crippen molar-refractivity contribution < 1.29 is 18.0 Å².